The molecule has 1 aromatic rings. The van der Waals surface area contributed by atoms with Gasteiger partial charge in [0.25, 0.3) is 0 Å². The molecule has 9 nitrogen and oxygen atoms in total. The van der Waals surface area contributed by atoms with Crippen LogP contribution in [-0.2, 0) is 28.5 Å². The predicted octanol–water partition coefficient (Wildman–Crippen LogP) is 5.69. The molecule has 0 aliphatic carbocycles. The molecule has 2 rings (SSSR count). The Morgan fingerprint density at radius 1 is 1.05 bits per heavy atom. The summed E-state index contributed by atoms with van der Waals surface area (Å²) in [4.78, 5) is 25.5. The molecule has 1 aliphatic heterocycles. The zero-order valence-electron chi connectivity index (χ0n) is 25.2. The molecule has 0 unspecified atom stereocenters. The number of ether oxygens (including phenoxy) is 7. The zero-order valence-corrected chi connectivity index (χ0v) is 26.2. The molecule has 2 atom stereocenters. The quantitative estimate of drug-likeness (QED) is 0.169. The highest BCUT2D eigenvalue weighted by atomic mass is 28.3. The van der Waals surface area contributed by atoms with E-state index in [1.54, 1.807) is 40.0 Å². The van der Waals surface area contributed by atoms with E-state index < -0.39 is 31.3 Å². The summed E-state index contributed by atoms with van der Waals surface area (Å²) in [6, 6.07) is 4.25. The fourth-order valence-electron chi connectivity index (χ4n) is 3.79. The van der Waals surface area contributed by atoms with E-state index in [9.17, 15) is 9.59 Å². The molecule has 0 bridgehead atoms. The van der Waals surface area contributed by atoms with Gasteiger partial charge in [0, 0.05) is 21.3 Å². The normalized spacial score (nSPS) is 19.2. The highest BCUT2D eigenvalue weighted by Crippen LogP contribution is 2.33. The van der Waals surface area contributed by atoms with Crippen molar-refractivity contribution in [2.75, 3.05) is 34.2 Å². The van der Waals surface area contributed by atoms with Crippen LogP contribution in [0, 0.1) is 5.41 Å². The van der Waals surface area contributed by atoms with Gasteiger partial charge < -0.3 is 33.2 Å². The second-order valence-corrected chi connectivity index (χ2v) is 17.9. The molecule has 1 aliphatic rings. The number of rotatable bonds is 13. The predicted molar refractivity (Wildman–Crippen MR) is 152 cm³/mol. The van der Waals surface area contributed by atoms with E-state index in [0.717, 1.165) is 6.04 Å². The monoisotopic (exact) mass is 566 g/mol. The minimum Gasteiger partial charge on any atom is -0.497 e. The highest BCUT2D eigenvalue weighted by molar-refractivity contribution is 6.76. The average molecular weight is 567 g/mol. The SMILES string of the molecule is COCOc1cc(OC)cc(C=CC[C@@H]2OC(C)(C)O[C@@H]2COC(=O)C(C)(C)C)c1C(=O)OCC[Si](C)(C)C. The number of hydrogen-bond acceptors (Lipinski definition) is 9. The van der Waals surface area contributed by atoms with Crippen molar-refractivity contribution >= 4 is 26.1 Å². The van der Waals surface area contributed by atoms with Gasteiger partial charge in [-0.1, -0.05) is 31.8 Å². The van der Waals surface area contributed by atoms with E-state index in [-0.39, 0.29) is 25.5 Å². The maximum absolute atomic E-state index is 13.2. The van der Waals surface area contributed by atoms with Crippen molar-refractivity contribution in [1.29, 1.82) is 0 Å². The number of benzene rings is 1. The molecule has 0 amide bonds. The van der Waals surface area contributed by atoms with E-state index >= 15 is 0 Å². The van der Waals surface area contributed by atoms with Crippen molar-refractivity contribution in [3.8, 4) is 11.5 Å². The minimum atomic E-state index is -1.39. The van der Waals surface area contributed by atoms with E-state index in [2.05, 4.69) is 19.6 Å². The number of carbonyl (C=O) groups is 2. The van der Waals surface area contributed by atoms with Crippen molar-refractivity contribution in [2.24, 2.45) is 5.41 Å². The van der Waals surface area contributed by atoms with Crippen molar-refractivity contribution in [2.45, 2.75) is 84.7 Å². The lowest BCUT2D eigenvalue weighted by Gasteiger charge is -2.20. The van der Waals surface area contributed by atoms with Gasteiger partial charge in [-0.05, 0) is 58.7 Å². The molecule has 1 heterocycles. The van der Waals surface area contributed by atoms with Gasteiger partial charge >= 0.3 is 11.9 Å². The molecule has 220 valence electrons. The summed E-state index contributed by atoms with van der Waals surface area (Å²) < 4.78 is 39.5. The van der Waals surface area contributed by atoms with Gasteiger partial charge in [0.15, 0.2) is 12.6 Å². The second-order valence-electron chi connectivity index (χ2n) is 12.3. The Hall–Kier alpha value is -2.40. The van der Waals surface area contributed by atoms with Crippen LogP contribution in [0.4, 0.5) is 0 Å². The van der Waals surface area contributed by atoms with Gasteiger partial charge in [0.1, 0.15) is 29.8 Å². The van der Waals surface area contributed by atoms with Gasteiger partial charge in [0.2, 0.25) is 0 Å². The van der Waals surface area contributed by atoms with Crippen LogP contribution in [0.5, 0.6) is 11.5 Å². The van der Waals surface area contributed by atoms with Gasteiger partial charge in [0.05, 0.1) is 25.2 Å². The van der Waals surface area contributed by atoms with Crippen LogP contribution >= 0.6 is 0 Å². The molecule has 0 saturated carbocycles. The van der Waals surface area contributed by atoms with Gasteiger partial charge in [-0.3, -0.25) is 4.79 Å². The van der Waals surface area contributed by atoms with Gasteiger partial charge in [-0.2, -0.15) is 0 Å². The Balaban J connectivity index is 2.28. The van der Waals surface area contributed by atoms with Crippen molar-refractivity contribution in [3.63, 3.8) is 0 Å². The number of methoxy groups -OCH3 is 2. The fourth-order valence-corrected chi connectivity index (χ4v) is 4.50. The van der Waals surface area contributed by atoms with Crippen LogP contribution in [0.3, 0.4) is 0 Å². The first-order chi connectivity index (χ1) is 18.1. The first kappa shape index (κ1) is 32.8. The van der Waals surface area contributed by atoms with Crippen LogP contribution in [0.15, 0.2) is 18.2 Å². The van der Waals surface area contributed by atoms with Crippen molar-refractivity contribution in [3.05, 3.63) is 29.3 Å². The molecular formula is C29H46O9Si. The first-order valence-electron chi connectivity index (χ1n) is 13.3. The van der Waals surface area contributed by atoms with E-state index in [0.29, 0.717) is 35.7 Å². The maximum atomic E-state index is 13.2. The van der Waals surface area contributed by atoms with Crippen LogP contribution in [0.25, 0.3) is 6.08 Å². The van der Waals surface area contributed by atoms with E-state index in [1.807, 2.05) is 26.0 Å². The molecule has 0 spiro atoms. The number of carbonyl (C=O) groups excluding carboxylic acids is 2. The summed E-state index contributed by atoms with van der Waals surface area (Å²) in [5.41, 5.74) is 0.256. The standard InChI is InChI=1S/C29H46O9Si/c1-28(2,3)27(31)35-18-24-22(37-29(4,5)38-24)13-11-12-20-16-21(33-7)17-23(36-19-32-6)25(20)26(30)34-14-15-39(8,9)10/h11-12,16-17,22,24H,13-15,18-19H2,1-10H3/t22-,24+/m0/s1. The first-order valence-corrected chi connectivity index (χ1v) is 17.0. The Morgan fingerprint density at radius 3 is 2.31 bits per heavy atom. The highest BCUT2D eigenvalue weighted by Gasteiger charge is 2.41. The Kier molecular flexibility index (Phi) is 11.6. The van der Waals surface area contributed by atoms with Gasteiger partial charge in [-0.25, -0.2) is 4.79 Å². The third kappa shape index (κ3) is 10.6. The summed E-state index contributed by atoms with van der Waals surface area (Å²) in [5.74, 6) is -0.771. The minimum absolute atomic E-state index is 0.0389. The summed E-state index contributed by atoms with van der Waals surface area (Å²) in [5, 5.41) is 0. The summed E-state index contributed by atoms with van der Waals surface area (Å²) in [6.45, 7) is 16.1. The third-order valence-corrected chi connectivity index (χ3v) is 7.61. The Bertz CT molecular complexity index is 1010. The number of esters is 2. The Morgan fingerprint density at radius 2 is 1.72 bits per heavy atom. The number of hydrogen-bond donors (Lipinski definition) is 0. The van der Waals surface area contributed by atoms with Crippen molar-refractivity contribution < 1.29 is 42.7 Å². The molecule has 1 fully saturated rings. The van der Waals surface area contributed by atoms with Crippen LogP contribution in [-0.4, -0.2) is 72.2 Å². The maximum Gasteiger partial charge on any atom is 0.342 e. The van der Waals surface area contributed by atoms with E-state index in [1.165, 1.54) is 7.11 Å². The smallest absolute Gasteiger partial charge is 0.342 e. The molecule has 1 saturated heterocycles. The zero-order chi connectivity index (χ0) is 29.4. The van der Waals surface area contributed by atoms with E-state index in [4.69, 9.17) is 33.2 Å². The molecule has 0 N–H and O–H groups in total. The van der Waals surface area contributed by atoms with Crippen LogP contribution in [0.1, 0.15) is 57.0 Å². The molecule has 1 aromatic carbocycles. The lowest BCUT2D eigenvalue weighted by atomic mass is 9.97. The lowest BCUT2D eigenvalue weighted by molar-refractivity contribution is -0.165. The van der Waals surface area contributed by atoms with Gasteiger partial charge in [-0.15, -0.1) is 0 Å². The average Bonchev–Trinajstić information content (AvgIpc) is 3.12. The summed E-state index contributed by atoms with van der Waals surface area (Å²) in [6.07, 6.45) is 3.36. The second kappa shape index (κ2) is 13.8. The molecule has 0 radical (unpaired) electrons. The molecular weight excluding hydrogens is 520 g/mol. The third-order valence-electron chi connectivity index (χ3n) is 5.91. The topological polar surface area (TPSA) is 98.8 Å². The molecule has 0 aromatic heterocycles. The molecule has 39 heavy (non-hydrogen) atoms. The summed E-state index contributed by atoms with van der Waals surface area (Å²) in [7, 11) is 1.67. The fraction of sp³-hybridized carbons (Fsp3) is 0.655. The van der Waals surface area contributed by atoms with Crippen LogP contribution < -0.4 is 9.47 Å². The van der Waals surface area contributed by atoms with Crippen molar-refractivity contribution in [1.82, 2.24) is 0 Å². The lowest BCUT2D eigenvalue weighted by Crippen LogP contribution is -2.32. The van der Waals surface area contributed by atoms with Crippen LogP contribution in [0.2, 0.25) is 25.7 Å². The largest absolute Gasteiger partial charge is 0.497 e. The molecule has 10 heteroatoms. The summed E-state index contributed by atoms with van der Waals surface area (Å²) >= 11 is 0. The Labute approximate surface area is 234 Å².